The number of unbranched alkanes of at least 4 members (excludes halogenated alkanes) is 1. The fourth-order valence-electron chi connectivity index (χ4n) is 4.43. The van der Waals surface area contributed by atoms with Crippen molar-refractivity contribution in [3.05, 3.63) is 64.1 Å². The Bertz CT molecular complexity index is 1380. The average molecular weight is 557 g/mol. The first kappa shape index (κ1) is 28.5. The number of piperidine rings is 1. The molecule has 1 aliphatic rings. The molecule has 1 fully saturated rings. The highest BCUT2D eigenvalue weighted by Gasteiger charge is 2.27. The predicted molar refractivity (Wildman–Crippen MR) is 147 cm³/mol. The van der Waals surface area contributed by atoms with Crippen LogP contribution in [0.1, 0.15) is 55.6 Å². The lowest BCUT2D eigenvalue weighted by Gasteiger charge is -2.30. The van der Waals surface area contributed by atoms with Crippen molar-refractivity contribution >= 4 is 34.8 Å². The van der Waals surface area contributed by atoms with Crippen molar-refractivity contribution in [1.29, 1.82) is 0 Å². The third-order valence-corrected chi connectivity index (χ3v) is 7.84. The molecule has 0 aliphatic carbocycles. The summed E-state index contributed by atoms with van der Waals surface area (Å²) in [6, 6.07) is 5.69. The number of fused-ring (bicyclic) bond motifs is 1. The van der Waals surface area contributed by atoms with Gasteiger partial charge in [-0.15, -0.1) is 0 Å². The maximum atomic E-state index is 13.4. The molecule has 1 saturated heterocycles. The van der Waals surface area contributed by atoms with Crippen LogP contribution in [-0.4, -0.2) is 61.1 Å². The number of nitrogens with zero attached hydrogens (tertiary/aromatic N) is 4. The fraction of sp³-hybridized carbons (Fsp3) is 0.464. The lowest BCUT2D eigenvalue weighted by molar-refractivity contribution is -0.133. The third-order valence-electron chi connectivity index (χ3n) is 6.85. The molecule has 4 rings (SSSR count). The van der Waals surface area contributed by atoms with Gasteiger partial charge in [-0.1, -0.05) is 44.2 Å². The van der Waals surface area contributed by atoms with Crippen LogP contribution in [0, 0.1) is 11.7 Å². The Morgan fingerprint density at radius 2 is 1.92 bits per heavy atom. The molecule has 3 heterocycles. The highest BCUT2D eigenvalue weighted by Crippen LogP contribution is 2.25. The van der Waals surface area contributed by atoms with Gasteiger partial charge in [0.15, 0.2) is 5.69 Å². The van der Waals surface area contributed by atoms with Gasteiger partial charge in [-0.3, -0.25) is 14.4 Å². The zero-order valence-electron chi connectivity index (χ0n) is 22.2. The molecule has 11 heteroatoms. The summed E-state index contributed by atoms with van der Waals surface area (Å²) in [5.41, 5.74) is -0.0540. The first-order valence-corrected chi connectivity index (χ1v) is 14.1. The molecule has 2 aromatic heterocycles. The molecule has 0 N–H and O–H groups in total. The molecule has 208 valence electrons. The molecule has 1 aromatic carbocycles. The molecule has 3 aromatic rings. The first-order chi connectivity index (χ1) is 18.8. The summed E-state index contributed by atoms with van der Waals surface area (Å²) < 4.78 is 21.8. The number of hydrogen-bond donors (Lipinski definition) is 0. The molecule has 1 unspecified atom stereocenters. The number of halogens is 1. The minimum atomic E-state index is -0.776. The number of thioether (sulfide) groups is 1. The summed E-state index contributed by atoms with van der Waals surface area (Å²) >= 11 is 0.737. The smallest absolute Gasteiger partial charge is 0.302 e. The highest BCUT2D eigenvalue weighted by atomic mass is 32.2. The van der Waals surface area contributed by atoms with Crippen LogP contribution < -0.4 is 10.3 Å². The molecule has 0 radical (unpaired) electrons. The number of imidazole rings is 1. The number of amides is 1. The monoisotopic (exact) mass is 556 g/mol. The van der Waals surface area contributed by atoms with Crippen molar-refractivity contribution in [3.63, 3.8) is 0 Å². The molecule has 0 bridgehead atoms. The van der Waals surface area contributed by atoms with Gasteiger partial charge >= 0.3 is 5.56 Å². The Morgan fingerprint density at radius 1 is 1.21 bits per heavy atom. The SMILES string of the molecule is CCCCOc1c(C(=O)SC(C=O)Cc2ccc(F)cc2)nc2n(CC(=O)N3CCC(C)CC3)ccn2c1=O. The average Bonchev–Trinajstić information content (AvgIpc) is 3.33. The fourth-order valence-corrected chi connectivity index (χ4v) is 5.29. The van der Waals surface area contributed by atoms with E-state index >= 15 is 0 Å². The first-order valence-electron chi connectivity index (χ1n) is 13.2. The molecule has 0 spiro atoms. The molecular weight excluding hydrogens is 523 g/mol. The van der Waals surface area contributed by atoms with E-state index in [0.717, 1.165) is 31.0 Å². The van der Waals surface area contributed by atoms with Crippen molar-refractivity contribution < 1.29 is 23.5 Å². The van der Waals surface area contributed by atoms with Crippen LogP contribution in [0.5, 0.6) is 5.75 Å². The van der Waals surface area contributed by atoms with E-state index in [-0.39, 0.29) is 42.7 Å². The Kier molecular flexibility index (Phi) is 9.55. The summed E-state index contributed by atoms with van der Waals surface area (Å²) in [5, 5.41) is -1.37. The van der Waals surface area contributed by atoms with Gasteiger partial charge in [-0.25, -0.2) is 13.8 Å². The van der Waals surface area contributed by atoms with Gasteiger partial charge in [0.25, 0.3) is 0 Å². The number of carbonyl (C=O) groups is 3. The van der Waals surface area contributed by atoms with E-state index in [4.69, 9.17) is 4.74 Å². The second-order valence-electron chi connectivity index (χ2n) is 9.87. The van der Waals surface area contributed by atoms with E-state index in [1.165, 1.54) is 22.7 Å². The van der Waals surface area contributed by atoms with E-state index in [0.29, 0.717) is 37.3 Å². The van der Waals surface area contributed by atoms with Gasteiger partial charge in [0.1, 0.15) is 18.6 Å². The second-order valence-corrected chi connectivity index (χ2v) is 11.1. The van der Waals surface area contributed by atoms with Crippen LogP contribution in [0.2, 0.25) is 0 Å². The molecule has 1 amide bonds. The van der Waals surface area contributed by atoms with Gasteiger partial charge in [0.05, 0.1) is 11.9 Å². The lowest BCUT2D eigenvalue weighted by Crippen LogP contribution is -2.39. The van der Waals surface area contributed by atoms with Crippen molar-refractivity contribution in [3.8, 4) is 5.75 Å². The summed E-state index contributed by atoms with van der Waals surface area (Å²) in [7, 11) is 0. The van der Waals surface area contributed by atoms with Crippen LogP contribution in [0.3, 0.4) is 0 Å². The standard InChI is InChI=1S/C28H33FN4O5S/c1-3-4-15-38-25-24(27(37)39-22(18-34)16-20-5-7-21(29)8-6-20)30-28-32(13-14-33(28)26(25)36)17-23(35)31-11-9-19(2)10-12-31/h5-8,13-14,18-19,22H,3-4,9-12,15-17H2,1-2H3. The molecular formula is C28H33FN4O5S. The largest absolute Gasteiger partial charge is 0.486 e. The van der Waals surface area contributed by atoms with E-state index < -0.39 is 21.7 Å². The maximum absolute atomic E-state index is 13.4. The van der Waals surface area contributed by atoms with Crippen LogP contribution >= 0.6 is 11.8 Å². The van der Waals surface area contributed by atoms with Gasteiger partial charge in [-0.2, -0.15) is 0 Å². The molecule has 1 aliphatic heterocycles. The van der Waals surface area contributed by atoms with Crippen LogP contribution in [0.4, 0.5) is 4.39 Å². The number of aromatic nitrogens is 3. The van der Waals surface area contributed by atoms with E-state index in [2.05, 4.69) is 11.9 Å². The van der Waals surface area contributed by atoms with E-state index in [9.17, 15) is 23.6 Å². The number of aldehydes is 1. The number of hydrogen-bond acceptors (Lipinski definition) is 7. The number of rotatable bonds is 11. The Labute approximate surface area is 230 Å². The van der Waals surface area contributed by atoms with Crippen molar-refractivity contribution in [1.82, 2.24) is 18.9 Å². The van der Waals surface area contributed by atoms with Gasteiger partial charge in [0.2, 0.25) is 22.5 Å². The summed E-state index contributed by atoms with van der Waals surface area (Å²) in [6.45, 7) is 5.72. The summed E-state index contributed by atoms with van der Waals surface area (Å²) in [6.07, 6.45) is 7.34. The molecule has 39 heavy (non-hydrogen) atoms. The second kappa shape index (κ2) is 13.1. The predicted octanol–water partition coefficient (Wildman–Crippen LogP) is 3.76. The van der Waals surface area contributed by atoms with E-state index in [1.54, 1.807) is 22.9 Å². The van der Waals surface area contributed by atoms with Gasteiger partial charge in [-0.05, 0) is 49.3 Å². The van der Waals surface area contributed by atoms with Crippen molar-refractivity contribution in [2.75, 3.05) is 19.7 Å². The molecule has 0 saturated carbocycles. The maximum Gasteiger partial charge on any atom is 0.302 e. The number of ether oxygens (including phenoxy) is 1. The summed E-state index contributed by atoms with van der Waals surface area (Å²) in [5.74, 6) is 0.0660. The zero-order valence-corrected chi connectivity index (χ0v) is 23.0. The Hall–Kier alpha value is -3.47. The van der Waals surface area contributed by atoms with Crippen LogP contribution in [0.25, 0.3) is 5.78 Å². The lowest BCUT2D eigenvalue weighted by atomic mass is 9.99. The Balaban J connectivity index is 1.62. The zero-order chi connectivity index (χ0) is 27.9. The van der Waals surface area contributed by atoms with Crippen molar-refractivity contribution in [2.24, 2.45) is 5.92 Å². The van der Waals surface area contributed by atoms with E-state index in [1.807, 2.05) is 11.8 Å². The summed E-state index contributed by atoms with van der Waals surface area (Å²) in [4.78, 5) is 57.9. The normalized spacial score (nSPS) is 14.9. The Morgan fingerprint density at radius 3 is 2.59 bits per heavy atom. The topological polar surface area (TPSA) is 103 Å². The number of likely N-dealkylation sites (tertiary alicyclic amines) is 1. The quantitative estimate of drug-likeness (QED) is 0.262. The molecule has 9 nitrogen and oxygen atoms in total. The van der Waals surface area contributed by atoms with Gasteiger partial charge < -0.3 is 19.0 Å². The minimum absolute atomic E-state index is 0.0182. The number of benzene rings is 1. The van der Waals surface area contributed by atoms with Crippen molar-refractivity contribution in [2.45, 2.75) is 57.7 Å². The third kappa shape index (κ3) is 6.95. The number of carbonyl (C=O) groups excluding carboxylic acids is 3. The van der Waals surface area contributed by atoms with Crippen LogP contribution in [0.15, 0.2) is 41.5 Å². The van der Waals surface area contributed by atoms with Gasteiger partial charge in [0, 0.05) is 25.5 Å². The molecule has 1 atom stereocenters. The minimum Gasteiger partial charge on any atom is -0.486 e. The van der Waals surface area contributed by atoms with Crippen LogP contribution in [-0.2, 0) is 22.6 Å². The highest BCUT2D eigenvalue weighted by molar-refractivity contribution is 8.15.